The molecule has 1 saturated heterocycles. The number of likely N-dealkylation sites (tertiary alicyclic amines) is 1. The molecule has 0 unspecified atom stereocenters. The number of nitrogens with one attached hydrogen (secondary N) is 1. The molecule has 0 bridgehead atoms. The lowest BCUT2D eigenvalue weighted by molar-refractivity contribution is -0.133. The monoisotopic (exact) mass is 340 g/mol. The van der Waals surface area contributed by atoms with Gasteiger partial charge in [-0.2, -0.15) is 0 Å². The maximum atomic E-state index is 12.7. The Bertz CT molecular complexity index is 806. The standard InChI is InChI=1S/C19H24N4O2/c1-12-8-13(2)11-23(10-12)17(24)9-15-14(3)21-18(22-19(15)25)16-6-4-5-7-20-16/h4-7,12-13H,8-11H2,1-3H3,(H,21,22,25)/t12-,13-/m1/s1. The fourth-order valence-electron chi connectivity index (χ4n) is 3.57. The predicted octanol–water partition coefficient (Wildman–Crippen LogP) is 2.19. The number of rotatable bonds is 3. The van der Waals surface area contributed by atoms with Crippen molar-refractivity contribution in [1.29, 1.82) is 0 Å². The van der Waals surface area contributed by atoms with Crippen molar-refractivity contribution in [3.63, 3.8) is 0 Å². The van der Waals surface area contributed by atoms with Crippen LogP contribution in [0.2, 0.25) is 0 Å². The second kappa shape index (κ2) is 7.17. The van der Waals surface area contributed by atoms with E-state index in [1.807, 2.05) is 17.0 Å². The number of aromatic amines is 1. The van der Waals surface area contributed by atoms with Gasteiger partial charge in [-0.25, -0.2) is 4.98 Å². The number of piperidine rings is 1. The van der Waals surface area contributed by atoms with Crippen LogP contribution in [0.1, 0.15) is 31.5 Å². The minimum Gasteiger partial charge on any atom is -0.342 e. The number of aryl methyl sites for hydroxylation is 1. The molecule has 0 spiro atoms. The van der Waals surface area contributed by atoms with E-state index in [4.69, 9.17) is 0 Å². The molecule has 2 aromatic rings. The number of hydrogen-bond donors (Lipinski definition) is 1. The molecule has 1 fully saturated rings. The van der Waals surface area contributed by atoms with Crippen molar-refractivity contribution in [3.8, 4) is 11.5 Å². The molecule has 0 saturated carbocycles. The van der Waals surface area contributed by atoms with E-state index in [0.717, 1.165) is 19.5 Å². The van der Waals surface area contributed by atoms with Crippen molar-refractivity contribution >= 4 is 5.91 Å². The lowest BCUT2D eigenvalue weighted by atomic mass is 9.91. The van der Waals surface area contributed by atoms with E-state index in [1.54, 1.807) is 19.2 Å². The zero-order valence-electron chi connectivity index (χ0n) is 15.0. The molecule has 0 radical (unpaired) electrons. The average Bonchev–Trinajstić information content (AvgIpc) is 2.57. The van der Waals surface area contributed by atoms with E-state index >= 15 is 0 Å². The van der Waals surface area contributed by atoms with Gasteiger partial charge in [0.15, 0.2) is 5.82 Å². The average molecular weight is 340 g/mol. The van der Waals surface area contributed by atoms with Crippen molar-refractivity contribution in [3.05, 3.63) is 46.0 Å². The minimum absolute atomic E-state index is 0.000568. The van der Waals surface area contributed by atoms with Crippen LogP contribution in [0.4, 0.5) is 0 Å². The van der Waals surface area contributed by atoms with E-state index in [0.29, 0.717) is 34.6 Å². The summed E-state index contributed by atoms with van der Waals surface area (Å²) in [5.74, 6) is 1.42. The van der Waals surface area contributed by atoms with E-state index < -0.39 is 0 Å². The molecule has 1 amide bonds. The summed E-state index contributed by atoms with van der Waals surface area (Å²) >= 11 is 0. The van der Waals surface area contributed by atoms with Crippen molar-refractivity contribution in [2.75, 3.05) is 13.1 Å². The Morgan fingerprint density at radius 1 is 1.28 bits per heavy atom. The van der Waals surface area contributed by atoms with Gasteiger partial charge in [0.2, 0.25) is 5.91 Å². The van der Waals surface area contributed by atoms with E-state index in [9.17, 15) is 9.59 Å². The predicted molar refractivity (Wildman–Crippen MR) is 96.1 cm³/mol. The Labute approximate surface area is 147 Å². The summed E-state index contributed by atoms with van der Waals surface area (Å²) in [6, 6.07) is 5.44. The van der Waals surface area contributed by atoms with Gasteiger partial charge in [-0.05, 0) is 37.3 Å². The third kappa shape index (κ3) is 3.95. The van der Waals surface area contributed by atoms with Crippen LogP contribution in [0.25, 0.3) is 11.5 Å². The molecule has 2 aromatic heterocycles. The quantitative estimate of drug-likeness (QED) is 0.929. The Morgan fingerprint density at radius 2 is 2.00 bits per heavy atom. The molecule has 1 aliphatic heterocycles. The second-order valence-corrected chi connectivity index (χ2v) is 7.12. The molecule has 3 heterocycles. The third-order valence-corrected chi connectivity index (χ3v) is 4.68. The normalized spacial score (nSPS) is 20.5. The SMILES string of the molecule is Cc1nc(-c2ccccn2)[nH]c(=O)c1CC(=O)N1C[C@H](C)C[C@@H](C)C1. The first-order valence-corrected chi connectivity index (χ1v) is 8.73. The van der Waals surface area contributed by atoms with Gasteiger partial charge in [-0.1, -0.05) is 19.9 Å². The number of carbonyl (C=O) groups is 1. The van der Waals surface area contributed by atoms with Crippen molar-refractivity contribution in [2.45, 2.75) is 33.6 Å². The summed E-state index contributed by atoms with van der Waals surface area (Å²) in [5.41, 5.74) is 1.37. The maximum Gasteiger partial charge on any atom is 0.255 e. The number of aromatic nitrogens is 3. The van der Waals surface area contributed by atoms with Crippen LogP contribution in [-0.4, -0.2) is 38.8 Å². The minimum atomic E-state index is -0.264. The number of hydrogen-bond acceptors (Lipinski definition) is 4. The topological polar surface area (TPSA) is 79.0 Å². The molecule has 6 nitrogen and oxygen atoms in total. The van der Waals surface area contributed by atoms with E-state index in [1.165, 1.54) is 0 Å². The fourth-order valence-corrected chi connectivity index (χ4v) is 3.57. The van der Waals surface area contributed by atoms with Gasteiger partial charge in [-0.3, -0.25) is 14.6 Å². The van der Waals surface area contributed by atoms with Gasteiger partial charge in [0.25, 0.3) is 5.56 Å². The van der Waals surface area contributed by atoms with Gasteiger partial charge < -0.3 is 9.88 Å². The van der Waals surface area contributed by atoms with Gasteiger partial charge in [0.05, 0.1) is 6.42 Å². The van der Waals surface area contributed by atoms with Gasteiger partial charge in [0, 0.05) is 30.5 Å². The smallest absolute Gasteiger partial charge is 0.255 e. The van der Waals surface area contributed by atoms with Gasteiger partial charge >= 0.3 is 0 Å². The van der Waals surface area contributed by atoms with Gasteiger partial charge in [-0.15, -0.1) is 0 Å². The third-order valence-electron chi connectivity index (χ3n) is 4.68. The lowest BCUT2D eigenvalue weighted by Gasteiger charge is -2.35. The van der Waals surface area contributed by atoms with Crippen molar-refractivity contribution in [2.24, 2.45) is 11.8 Å². The summed E-state index contributed by atoms with van der Waals surface area (Å²) in [4.78, 5) is 38.4. The summed E-state index contributed by atoms with van der Waals surface area (Å²) in [6.07, 6.45) is 2.89. The highest BCUT2D eigenvalue weighted by atomic mass is 16.2. The Kier molecular flexibility index (Phi) is 4.97. The van der Waals surface area contributed by atoms with Crippen LogP contribution in [0.15, 0.2) is 29.2 Å². The highest BCUT2D eigenvalue weighted by molar-refractivity contribution is 5.79. The first kappa shape index (κ1) is 17.3. The Morgan fingerprint density at radius 3 is 2.60 bits per heavy atom. The van der Waals surface area contributed by atoms with Crippen LogP contribution < -0.4 is 5.56 Å². The van der Waals surface area contributed by atoms with Crippen LogP contribution in [0, 0.1) is 18.8 Å². The largest absolute Gasteiger partial charge is 0.342 e. The van der Waals surface area contributed by atoms with Crippen LogP contribution in [-0.2, 0) is 11.2 Å². The molecule has 132 valence electrons. The van der Waals surface area contributed by atoms with Crippen LogP contribution >= 0.6 is 0 Å². The molecule has 2 atom stereocenters. The molecular formula is C19H24N4O2. The molecular weight excluding hydrogens is 316 g/mol. The van der Waals surface area contributed by atoms with Crippen LogP contribution in [0.5, 0.6) is 0 Å². The number of carbonyl (C=O) groups excluding carboxylic acids is 1. The van der Waals surface area contributed by atoms with Crippen molar-refractivity contribution in [1.82, 2.24) is 19.9 Å². The summed E-state index contributed by atoms with van der Waals surface area (Å²) in [7, 11) is 0. The highest BCUT2D eigenvalue weighted by Crippen LogP contribution is 2.21. The number of pyridine rings is 1. The molecule has 1 aliphatic rings. The molecule has 1 N–H and O–H groups in total. The maximum absolute atomic E-state index is 12.7. The molecule has 0 aliphatic carbocycles. The fraction of sp³-hybridized carbons (Fsp3) is 0.474. The summed E-state index contributed by atoms with van der Waals surface area (Å²) < 4.78 is 0. The van der Waals surface area contributed by atoms with E-state index in [2.05, 4.69) is 28.8 Å². The zero-order valence-corrected chi connectivity index (χ0v) is 15.0. The molecule has 6 heteroatoms. The van der Waals surface area contributed by atoms with Gasteiger partial charge in [0.1, 0.15) is 5.69 Å². The lowest BCUT2D eigenvalue weighted by Crippen LogP contribution is -2.43. The summed E-state index contributed by atoms with van der Waals surface area (Å²) in [5, 5.41) is 0. The van der Waals surface area contributed by atoms with Crippen molar-refractivity contribution < 1.29 is 4.79 Å². The molecule has 3 rings (SSSR count). The zero-order chi connectivity index (χ0) is 18.0. The summed E-state index contributed by atoms with van der Waals surface area (Å²) in [6.45, 7) is 7.62. The highest BCUT2D eigenvalue weighted by Gasteiger charge is 2.26. The van der Waals surface area contributed by atoms with Crippen LogP contribution in [0.3, 0.4) is 0 Å². The number of H-pyrrole nitrogens is 1. The Balaban J connectivity index is 1.81. The first-order valence-electron chi connectivity index (χ1n) is 8.73. The van der Waals surface area contributed by atoms with E-state index in [-0.39, 0.29) is 17.9 Å². The number of amides is 1. The number of nitrogens with zero attached hydrogens (tertiary/aromatic N) is 3. The Hall–Kier alpha value is -2.50. The molecule has 0 aromatic carbocycles. The first-order chi connectivity index (χ1) is 11.9. The second-order valence-electron chi connectivity index (χ2n) is 7.12. The molecule has 25 heavy (non-hydrogen) atoms.